The van der Waals surface area contributed by atoms with Gasteiger partial charge in [0, 0.05) is 17.7 Å². The lowest BCUT2D eigenvalue weighted by molar-refractivity contribution is -0.671. The Morgan fingerprint density at radius 2 is 2.00 bits per heavy atom. The molecule has 0 unspecified atom stereocenters. The average Bonchev–Trinajstić information content (AvgIpc) is 1.88. The number of aryl methyl sites for hydroxylation is 1. The quantitative estimate of drug-likeness (QED) is 0.459. The summed E-state index contributed by atoms with van der Waals surface area (Å²) in [5.74, 6) is 0. The maximum Gasteiger partial charge on any atom is 0.169 e. The first kappa shape index (κ1) is 7.15. The molecule has 2 nitrogen and oxygen atoms in total. The number of pyridine rings is 1. The highest BCUT2D eigenvalue weighted by Crippen LogP contribution is 1.92. The molecule has 0 aromatic carbocycles. The number of nitrogens with two attached hydrogens (primary N) is 1. The van der Waals surface area contributed by atoms with Gasteiger partial charge < -0.3 is 5.73 Å². The zero-order valence-corrected chi connectivity index (χ0v) is 6.56. The summed E-state index contributed by atoms with van der Waals surface area (Å²) in [6.45, 7) is 0. The Bertz CT molecular complexity index is 240. The maximum absolute atomic E-state index is 5.39. The van der Waals surface area contributed by atoms with Crippen molar-refractivity contribution in [3.8, 4) is 0 Å². The molecule has 10 heavy (non-hydrogen) atoms. The van der Waals surface area contributed by atoms with E-state index in [2.05, 4.69) is 0 Å². The van der Waals surface area contributed by atoms with E-state index in [1.54, 1.807) is 0 Å². The van der Waals surface area contributed by atoms with Crippen molar-refractivity contribution in [2.45, 2.75) is 0 Å². The molecule has 0 radical (unpaired) electrons. The molecule has 0 saturated carbocycles. The van der Waals surface area contributed by atoms with Crippen LogP contribution in [0.4, 0.5) is 0 Å². The van der Waals surface area contributed by atoms with Crippen molar-refractivity contribution in [2.24, 2.45) is 12.8 Å². The van der Waals surface area contributed by atoms with Gasteiger partial charge in [0.05, 0.1) is 0 Å². The van der Waals surface area contributed by atoms with E-state index in [1.807, 2.05) is 36.1 Å². The second kappa shape index (κ2) is 2.75. The van der Waals surface area contributed by atoms with E-state index in [4.69, 9.17) is 18.0 Å². The number of aromatic nitrogens is 1. The van der Waals surface area contributed by atoms with Gasteiger partial charge in [-0.15, -0.1) is 0 Å². The first-order valence-electron chi connectivity index (χ1n) is 2.95. The van der Waals surface area contributed by atoms with Crippen molar-refractivity contribution in [3.05, 3.63) is 30.1 Å². The average molecular weight is 153 g/mol. The molecule has 1 heterocycles. The number of thiocarbonyl (C=S) groups is 1. The molecule has 1 aromatic heterocycles. The standard InChI is InChI=1S/C7H8N2S/c1-9-4-2-6(3-5-9)7(8)10/h2-5H,1H3,(H-,8,10)/p+1. The van der Waals surface area contributed by atoms with Gasteiger partial charge in [0.25, 0.3) is 0 Å². The molecule has 0 fully saturated rings. The third-order valence-electron chi connectivity index (χ3n) is 1.26. The van der Waals surface area contributed by atoms with Crippen molar-refractivity contribution in [3.63, 3.8) is 0 Å². The van der Waals surface area contributed by atoms with Crippen LogP contribution in [0.2, 0.25) is 0 Å². The lowest BCUT2D eigenvalue weighted by Crippen LogP contribution is -2.26. The van der Waals surface area contributed by atoms with Crippen LogP contribution in [-0.2, 0) is 7.05 Å². The summed E-state index contributed by atoms with van der Waals surface area (Å²) in [7, 11) is 1.95. The van der Waals surface area contributed by atoms with Gasteiger partial charge in [-0.25, -0.2) is 4.57 Å². The molecule has 2 N–H and O–H groups in total. The summed E-state index contributed by atoms with van der Waals surface area (Å²) < 4.78 is 1.93. The Hall–Kier alpha value is -0.960. The van der Waals surface area contributed by atoms with Crippen LogP contribution >= 0.6 is 12.2 Å². The molecular weight excluding hydrogens is 144 g/mol. The number of nitrogens with zero attached hydrogens (tertiary/aromatic N) is 1. The van der Waals surface area contributed by atoms with Gasteiger partial charge >= 0.3 is 0 Å². The second-order valence-corrected chi connectivity index (χ2v) is 2.56. The van der Waals surface area contributed by atoms with E-state index >= 15 is 0 Å². The summed E-state index contributed by atoms with van der Waals surface area (Å²) in [6, 6.07) is 3.78. The molecule has 0 aliphatic carbocycles. The van der Waals surface area contributed by atoms with Crippen LogP contribution in [0.15, 0.2) is 24.5 Å². The molecule has 52 valence electrons. The van der Waals surface area contributed by atoms with Crippen molar-refractivity contribution in [1.29, 1.82) is 0 Å². The minimum Gasteiger partial charge on any atom is -0.389 e. The zero-order valence-electron chi connectivity index (χ0n) is 5.74. The van der Waals surface area contributed by atoms with Gasteiger partial charge in [-0.3, -0.25) is 0 Å². The number of hydrogen-bond acceptors (Lipinski definition) is 1. The van der Waals surface area contributed by atoms with Crippen LogP contribution in [0.25, 0.3) is 0 Å². The fraction of sp³-hybridized carbons (Fsp3) is 0.143. The molecule has 3 heteroatoms. The molecule has 0 saturated heterocycles. The van der Waals surface area contributed by atoms with Crippen LogP contribution < -0.4 is 10.3 Å². The van der Waals surface area contributed by atoms with Crippen LogP contribution in [0.5, 0.6) is 0 Å². The van der Waals surface area contributed by atoms with Crippen LogP contribution in [0.3, 0.4) is 0 Å². The molecule has 0 atom stereocenters. The monoisotopic (exact) mass is 153 g/mol. The highest BCUT2D eigenvalue weighted by Gasteiger charge is 1.96. The largest absolute Gasteiger partial charge is 0.389 e. The lowest BCUT2D eigenvalue weighted by atomic mass is 10.3. The zero-order chi connectivity index (χ0) is 7.56. The van der Waals surface area contributed by atoms with E-state index in [0.29, 0.717) is 4.99 Å². The van der Waals surface area contributed by atoms with Gasteiger partial charge in [0.15, 0.2) is 12.4 Å². The van der Waals surface area contributed by atoms with Gasteiger partial charge in [-0.1, -0.05) is 12.2 Å². The fourth-order valence-corrected chi connectivity index (χ4v) is 0.801. The van der Waals surface area contributed by atoms with E-state index in [-0.39, 0.29) is 0 Å². The van der Waals surface area contributed by atoms with E-state index < -0.39 is 0 Å². The topological polar surface area (TPSA) is 29.9 Å². The summed E-state index contributed by atoms with van der Waals surface area (Å²) >= 11 is 4.77. The van der Waals surface area contributed by atoms with Gasteiger partial charge in [0.1, 0.15) is 12.0 Å². The predicted molar refractivity (Wildman–Crippen MR) is 43.5 cm³/mol. The third-order valence-corrected chi connectivity index (χ3v) is 1.50. The Balaban J connectivity index is 3.00. The first-order chi connectivity index (χ1) is 4.70. The SMILES string of the molecule is C[n+]1ccc(C(N)=S)cc1. The molecule has 0 spiro atoms. The molecule has 1 aromatic rings. The first-order valence-corrected chi connectivity index (χ1v) is 3.36. The Kier molecular flexibility index (Phi) is 1.97. The van der Waals surface area contributed by atoms with Crippen molar-refractivity contribution < 1.29 is 4.57 Å². The third kappa shape index (κ3) is 1.51. The summed E-state index contributed by atoms with van der Waals surface area (Å²) in [4.78, 5) is 0.445. The summed E-state index contributed by atoms with van der Waals surface area (Å²) in [5, 5.41) is 0. The molecular formula is C7H9N2S+. The van der Waals surface area contributed by atoms with E-state index in [1.165, 1.54) is 0 Å². The predicted octanol–water partition coefficient (Wildman–Crippen LogP) is 0.145. The lowest BCUT2D eigenvalue weighted by Gasteiger charge is -1.92. The number of hydrogen-bond donors (Lipinski definition) is 1. The van der Waals surface area contributed by atoms with Gasteiger partial charge in [-0.2, -0.15) is 0 Å². The second-order valence-electron chi connectivity index (χ2n) is 2.12. The molecule has 0 bridgehead atoms. The van der Waals surface area contributed by atoms with Crippen LogP contribution in [0.1, 0.15) is 5.56 Å². The Morgan fingerprint density at radius 1 is 1.50 bits per heavy atom. The summed E-state index contributed by atoms with van der Waals surface area (Å²) in [6.07, 6.45) is 3.82. The van der Waals surface area contributed by atoms with Crippen molar-refractivity contribution in [2.75, 3.05) is 0 Å². The molecule has 0 aliphatic heterocycles. The number of rotatable bonds is 1. The van der Waals surface area contributed by atoms with Crippen LogP contribution in [0, 0.1) is 0 Å². The Morgan fingerprint density at radius 3 is 2.40 bits per heavy atom. The maximum atomic E-state index is 5.39. The highest BCUT2D eigenvalue weighted by atomic mass is 32.1. The van der Waals surface area contributed by atoms with Gasteiger partial charge in [-0.05, 0) is 0 Å². The summed E-state index contributed by atoms with van der Waals surface area (Å²) in [5.41, 5.74) is 6.30. The minimum absolute atomic E-state index is 0.445. The van der Waals surface area contributed by atoms with Gasteiger partial charge in [0.2, 0.25) is 0 Å². The van der Waals surface area contributed by atoms with Crippen molar-refractivity contribution >= 4 is 17.2 Å². The molecule has 1 rings (SSSR count). The molecule has 0 amide bonds. The fourth-order valence-electron chi connectivity index (χ4n) is 0.665. The van der Waals surface area contributed by atoms with E-state index in [9.17, 15) is 0 Å². The molecule has 0 aliphatic rings. The highest BCUT2D eigenvalue weighted by molar-refractivity contribution is 7.80. The Labute approximate surface area is 65.3 Å². The van der Waals surface area contributed by atoms with E-state index in [0.717, 1.165) is 5.56 Å². The minimum atomic E-state index is 0.445. The normalized spacial score (nSPS) is 9.30. The van der Waals surface area contributed by atoms with Crippen LogP contribution in [-0.4, -0.2) is 4.99 Å². The van der Waals surface area contributed by atoms with Crippen molar-refractivity contribution in [1.82, 2.24) is 0 Å². The smallest absolute Gasteiger partial charge is 0.169 e.